The fourth-order valence-corrected chi connectivity index (χ4v) is 4.00. The van der Waals surface area contributed by atoms with Gasteiger partial charge in [-0.3, -0.25) is 14.4 Å². The van der Waals surface area contributed by atoms with Gasteiger partial charge in [-0.15, -0.1) is 0 Å². The van der Waals surface area contributed by atoms with Gasteiger partial charge in [-0.25, -0.2) is 0 Å². The lowest BCUT2D eigenvalue weighted by atomic mass is 9.95. The van der Waals surface area contributed by atoms with Crippen molar-refractivity contribution in [1.82, 2.24) is 20.1 Å². The van der Waals surface area contributed by atoms with Crippen LogP contribution >= 0.6 is 0 Å². The Morgan fingerprint density at radius 1 is 1.03 bits per heavy atom. The SMILES string of the molecule is CN1C(=O)c2cc3ccccc3n2C[C@]1(C)C(=O)NCC(=O)NCCc1ccccc1. The second kappa shape index (κ2) is 8.26. The highest BCUT2D eigenvalue weighted by molar-refractivity contribution is 6.03. The van der Waals surface area contributed by atoms with Crippen molar-refractivity contribution < 1.29 is 14.4 Å². The second-order valence-corrected chi connectivity index (χ2v) is 8.08. The maximum atomic E-state index is 13.0. The minimum atomic E-state index is -1.10. The van der Waals surface area contributed by atoms with Crippen LogP contribution in [0.25, 0.3) is 10.9 Å². The van der Waals surface area contributed by atoms with E-state index >= 15 is 0 Å². The van der Waals surface area contributed by atoms with Crippen LogP contribution < -0.4 is 10.6 Å². The molecule has 3 aromatic rings. The van der Waals surface area contributed by atoms with E-state index in [2.05, 4.69) is 10.6 Å². The zero-order valence-corrected chi connectivity index (χ0v) is 17.7. The largest absolute Gasteiger partial charge is 0.354 e. The summed E-state index contributed by atoms with van der Waals surface area (Å²) >= 11 is 0. The molecule has 1 atom stereocenters. The average Bonchev–Trinajstić information content (AvgIpc) is 3.15. The van der Waals surface area contributed by atoms with Crippen LogP contribution in [0, 0.1) is 0 Å². The third-order valence-electron chi connectivity index (χ3n) is 6.02. The second-order valence-electron chi connectivity index (χ2n) is 8.08. The van der Waals surface area contributed by atoms with Crippen molar-refractivity contribution in [3.8, 4) is 0 Å². The summed E-state index contributed by atoms with van der Waals surface area (Å²) in [5.41, 5.74) is 1.51. The van der Waals surface area contributed by atoms with Gasteiger partial charge in [0, 0.05) is 24.5 Å². The van der Waals surface area contributed by atoms with Gasteiger partial charge < -0.3 is 20.1 Å². The van der Waals surface area contributed by atoms with Gasteiger partial charge in [0.1, 0.15) is 11.2 Å². The molecule has 0 fully saturated rings. The van der Waals surface area contributed by atoms with Crippen molar-refractivity contribution in [1.29, 1.82) is 0 Å². The molecule has 0 spiro atoms. The van der Waals surface area contributed by atoms with Crippen molar-refractivity contribution in [3.63, 3.8) is 0 Å². The zero-order valence-electron chi connectivity index (χ0n) is 17.7. The van der Waals surface area contributed by atoms with Crippen LogP contribution in [0.3, 0.4) is 0 Å². The Balaban J connectivity index is 1.39. The number of carbonyl (C=O) groups is 3. The van der Waals surface area contributed by atoms with Crippen molar-refractivity contribution in [2.45, 2.75) is 25.4 Å². The topological polar surface area (TPSA) is 83.4 Å². The van der Waals surface area contributed by atoms with Crippen molar-refractivity contribution in [3.05, 3.63) is 71.9 Å². The van der Waals surface area contributed by atoms with Crippen LogP contribution in [0.5, 0.6) is 0 Å². The number of fused-ring (bicyclic) bond motifs is 3. The van der Waals surface area contributed by atoms with E-state index in [1.165, 1.54) is 4.90 Å². The molecule has 0 aliphatic carbocycles. The summed E-state index contributed by atoms with van der Waals surface area (Å²) in [4.78, 5) is 39.7. The van der Waals surface area contributed by atoms with Gasteiger partial charge in [0.2, 0.25) is 11.8 Å². The number of hydrogen-bond donors (Lipinski definition) is 2. The molecule has 0 unspecified atom stereocenters. The summed E-state index contributed by atoms with van der Waals surface area (Å²) in [5, 5.41) is 6.48. The summed E-state index contributed by atoms with van der Waals surface area (Å²) in [5.74, 6) is -0.831. The monoisotopic (exact) mass is 418 g/mol. The molecule has 1 aliphatic heterocycles. The lowest BCUT2D eigenvalue weighted by Gasteiger charge is -2.41. The average molecular weight is 418 g/mol. The molecule has 0 radical (unpaired) electrons. The first kappa shape index (κ1) is 20.7. The maximum Gasteiger partial charge on any atom is 0.271 e. The molecule has 7 heteroatoms. The Bertz CT molecular complexity index is 1140. The normalized spacial score (nSPS) is 18.0. The minimum absolute atomic E-state index is 0.134. The lowest BCUT2D eigenvalue weighted by Crippen LogP contribution is -2.63. The first-order valence-corrected chi connectivity index (χ1v) is 10.4. The molecule has 2 aromatic carbocycles. The van der Waals surface area contributed by atoms with Gasteiger partial charge in [0.05, 0.1) is 13.1 Å². The third-order valence-corrected chi connectivity index (χ3v) is 6.02. The van der Waals surface area contributed by atoms with E-state index in [-0.39, 0.29) is 24.3 Å². The predicted molar refractivity (Wildman–Crippen MR) is 119 cm³/mol. The van der Waals surface area contributed by atoms with E-state index in [9.17, 15) is 14.4 Å². The van der Waals surface area contributed by atoms with Crippen LogP contribution in [0.4, 0.5) is 0 Å². The Kier molecular flexibility index (Phi) is 5.50. The number of carbonyl (C=O) groups excluding carboxylic acids is 3. The van der Waals surface area contributed by atoms with Crippen LogP contribution in [0.1, 0.15) is 23.0 Å². The van der Waals surface area contributed by atoms with E-state index < -0.39 is 5.54 Å². The molecule has 31 heavy (non-hydrogen) atoms. The van der Waals surface area contributed by atoms with Crippen molar-refractivity contribution >= 4 is 28.6 Å². The zero-order chi connectivity index (χ0) is 22.0. The molecule has 4 rings (SSSR count). The molecule has 2 heterocycles. The molecule has 160 valence electrons. The lowest BCUT2D eigenvalue weighted by molar-refractivity contribution is -0.134. The van der Waals surface area contributed by atoms with Gasteiger partial charge in [-0.1, -0.05) is 48.5 Å². The van der Waals surface area contributed by atoms with Crippen LogP contribution in [-0.4, -0.2) is 52.9 Å². The highest BCUT2D eigenvalue weighted by Crippen LogP contribution is 2.31. The summed E-state index contributed by atoms with van der Waals surface area (Å²) in [7, 11) is 1.63. The Hall–Kier alpha value is -3.61. The predicted octanol–water partition coefficient (Wildman–Crippen LogP) is 1.96. The molecule has 7 nitrogen and oxygen atoms in total. The third kappa shape index (κ3) is 3.91. The fourth-order valence-electron chi connectivity index (χ4n) is 4.00. The Morgan fingerprint density at radius 2 is 1.74 bits per heavy atom. The summed E-state index contributed by atoms with van der Waals surface area (Å²) in [6, 6.07) is 19.4. The smallest absolute Gasteiger partial charge is 0.271 e. The summed E-state index contributed by atoms with van der Waals surface area (Å²) in [6.45, 7) is 2.41. The quantitative estimate of drug-likeness (QED) is 0.642. The van der Waals surface area contributed by atoms with E-state index in [4.69, 9.17) is 0 Å². The number of amides is 3. The van der Waals surface area contributed by atoms with Crippen LogP contribution in [0.2, 0.25) is 0 Å². The molecule has 1 aliphatic rings. The first-order valence-electron chi connectivity index (χ1n) is 10.4. The fraction of sp³-hybridized carbons (Fsp3) is 0.292. The Morgan fingerprint density at radius 3 is 2.52 bits per heavy atom. The van der Waals surface area contributed by atoms with Gasteiger partial charge in [-0.2, -0.15) is 0 Å². The first-order chi connectivity index (χ1) is 14.9. The number of hydrogen-bond acceptors (Lipinski definition) is 3. The number of aromatic nitrogens is 1. The summed E-state index contributed by atoms with van der Waals surface area (Å²) in [6.07, 6.45) is 0.721. The minimum Gasteiger partial charge on any atom is -0.354 e. The Labute approximate surface area is 181 Å². The molecule has 1 aromatic heterocycles. The molecule has 0 bridgehead atoms. The molecular formula is C24H26N4O3. The van der Waals surface area contributed by atoms with Gasteiger partial charge in [0.15, 0.2) is 0 Å². The molecule has 2 N–H and O–H groups in total. The van der Waals surface area contributed by atoms with Crippen LogP contribution in [0.15, 0.2) is 60.7 Å². The van der Waals surface area contributed by atoms with Gasteiger partial charge in [-0.05, 0) is 31.0 Å². The number of rotatable bonds is 6. The molecular weight excluding hydrogens is 392 g/mol. The van der Waals surface area contributed by atoms with Gasteiger partial charge in [0.25, 0.3) is 5.91 Å². The van der Waals surface area contributed by atoms with Gasteiger partial charge >= 0.3 is 0 Å². The van der Waals surface area contributed by atoms with Crippen molar-refractivity contribution in [2.75, 3.05) is 20.1 Å². The van der Waals surface area contributed by atoms with E-state index in [1.54, 1.807) is 14.0 Å². The summed E-state index contributed by atoms with van der Waals surface area (Å²) < 4.78 is 1.89. The molecule has 0 saturated carbocycles. The van der Waals surface area contributed by atoms with Crippen molar-refractivity contribution in [2.24, 2.45) is 0 Å². The highest BCUT2D eigenvalue weighted by Gasteiger charge is 2.45. The van der Waals surface area contributed by atoms with Crippen LogP contribution in [-0.2, 0) is 22.6 Å². The highest BCUT2D eigenvalue weighted by atomic mass is 16.2. The van der Waals surface area contributed by atoms with E-state index in [0.29, 0.717) is 18.8 Å². The number of likely N-dealkylation sites (N-methyl/N-ethyl adjacent to an activating group) is 1. The van der Waals surface area contributed by atoms with E-state index in [0.717, 1.165) is 22.9 Å². The molecule has 0 saturated heterocycles. The number of nitrogens with zero attached hydrogens (tertiary/aromatic N) is 2. The standard InChI is InChI=1S/C24H26N4O3/c1-24(23(31)26-15-21(29)25-13-12-17-8-4-3-5-9-17)16-28-19-11-7-6-10-18(19)14-20(28)22(30)27(24)2/h3-11,14H,12-13,15-16H2,1-2H3,(H,25,29)(H,26,31)/t24-/m1/s1. The number of nitrogens with one attached hydrogen (secondary N) is 2. The number of benzene rings is 2. The number of para-hydroxylation sites is 1. The molecule has 3 amide bonds. The maximum absolute atomic E-state index is 13.0. The van der Waals surface area contributed by atoms with E-state index in [1.807, 2.05) is 65.2 Å².